The van der Waals surface area contributed by atoms with Crippen LogP contribution in [0.2, 0.25) is 0 Å². The van der Waals surface area contributed by atoms with Crippen LogP contribution in [-0.2, 0) is 4.74 Å². The summed E-state index contributed by atoms with van der Waals surface area (Å²) in [6, 6.07) is 6.02. The maximum absolute atomic E-state index is 12.1. The monoisotopic (exact) mass is 306 g/mol. The third-order valence-electron chi connectivity index (χ3n) is 3.74. The lowest BCUT2D eigenvalue weighted by atomic mass is 10.1. The molecule has 2 rings (SSSR count). The largest absolute Gasteiger partial charge is 0.491 e. The standard InChI is InChI=1S/C17H26N2O3/c1-12-6-5-7-13(2)16(12)21-9-8-18-17(20)19-10-14(3)22-15(4)11-19/h5-7,14-15H,8-11H2,1-4H3,(H,18,20). The molecule has 0 aromatic heterocycles. The van der Waals surface area contributed by atoms with Crippen LogP contribution in [-0.4, -0.2) is 49.4 Å². The highest BCUT2D eigenvalue weighted by atomic mass is 16.5. The Balaban J connectivity index is 1.75. The molecule has 1 heterocycles. The van der Waals surface area contributed by atoms with Gasteiger partial charge in [-0.3, -0.25) is 0 Å². The van der Waals surface area contributed by atoms with Gasteiger partial charge in [-0.2, -0.15) is 0 Å². The van der Waals surface area contributed by atoms with Crippen molar-refractivity contribution in [2.24, 2.45) is 0 Å². The van der Waals surface area contributed by atoms with Crippen LogP contribution < -0.4 is 10.1 Å². The van der Waals surface area contributed by atoms with Crippen molar-refractivity contribution < 1.29 is 14.3 Å². The van der Waals surface area contributed by atoms with Crippen molar-refractivity contribution in [2.75, 3.05) is 26.2 Å². The Morgan fingerprint density at radius 2 is 1.86 bits per heavy atom. The molecule has 2 amide bonds. The number of hydrogen-bond acceptors (Lipinski definition) is 3. The second-order valence-electron chi connectivity index (χ2n) is 5.96. The molecule has 0 spiro atoms. The van der Waals surface area contributed by atoms with Gasteiger partial charge in [-0.25, -0.2) is 4.79 Å². The number of urea groups is 1. The molecule has 1 aromatic carbocycles. The summed E-state index contributed by atoms with van der Waals surface area (Å²) in [6.45, 7) is 10.2. The van der Waals surface area contributed by atoms with Gasteiger partial charge in [0.15, 0.2) is 0 Å². The lowest BCUT2D eigenvalue weighted by Gasteiger charge is -2.35. The summed E-state index contributed by atoms with van der Waals surface area (Å²) >= 11 is 0. The lowest BCUT2D eigenvalue weighted by Crippen LogP contribution is -2.52. The van der Waals surface area contributed by atoms with E-state index in [0.29, 0.717) is 26.2 Å². The predicted molar refractivity (Wildman–Crippen MR) is 86.4 cm³/mol. The van der Waals surface area contributed by atoms with E-state index in [1.807, 2.05) is 45.9 Å². The molecule has 22 heavy (non-hydrogen) atoms. The molecule has 2 unspecified atom stereocenters. The van der Waals surface area contributed by atoms with Crippen LogP contribution >= 0.6 is 0 Å². The molecule has 5 heteroatoms. The fourth-order valence-corrected chi connectivity index (χ4v) is 2.79. The fraction of sp³-hybridized carbons (Fsp3) is 0.588. The molecule has 0 saturated carbocycles. The second kappa shape index (κ2) is 7.49. The smallest absolute Gasteiger partial charge is 0.317 e. The van der Waals surface area contributed by atoms with Gasteiger partial charge in [0.1, 0.15) is 12.4 Å². The normalized spacial score (nSPS) is 21.5. The quantitative estimate of drug-likeness (QED) is 0.870. The van der Waals surface area contributed by atoms with E-state index in [2.05, 4.69) is 5.32 Å². The number of morpholine rings is 1. The third kappa shape index (κ3) is 4.37. The van der Waals surface area contributed by atoms with Crippen molar-refractivity contribution in [1.82, 2.24) is 10.2 Å². The highest BCUT2D eigenvalue weighted by Gasteiger charge is 2.25. The number of para-hydroxylation sites is 1. The average molecular weight is 306 g/mol. The Kier molecular flexibility index (Phi) is 5.66. The van der Waals surface area contributed by atoms with Crippen LogP contribution in [0, 0.1) is 13.8 Å². The molecule has 0 aliphatic carbocycles. The maximum atomic E-state index is 12.1. The predicted octanol–water partition coefficient (Wildman–Crippen LogP) is 2.50. The topological polar surface area (TPSA) is 50.8 Å². The van der Waals surface area contributed by atoms with Crippen LogP contribution in [0.1, 0.15) is 25.0 Å². The van der Waals surface area contributed by atoms with Gasteiger partial charge in [0.05, 0.1) is 18.8 Å². The first-order valence-corrected chi connectivity index (χ1v) is 7.84. The number of nitrogens with zero attached hydrogens (tertiary/aromatic N) is 1. The summed E-state index contributed by atoms with van der Waals surface area (Å²) < 4.78 is 11.4. The van der Waals surface area contributed by atoms with E-state index >= 15 is 0 Å². The first kappa shape index (κ1) is 16.6. The van der Waals surface area contributed by atoms with Gasteiger partial charge in [0.2, 0.25) is 0 Å². The molecule has 2 atom stereocenters. The van der Waals surface area contributed by atoms with Crippen molar-refractivity contribution in [3.8, 4) is 5.75 Å². The summed E-state index contributed by atoms with van der Waals surface area (Å²) in [4.78, 5) is 13.9. The number of carbonyl (C=O) groups excluding carboxylic acids is 1. The number of ether oxygens (including phenoxy) is 2. The molecular weight excluding hydrogens is 280 g/mol. The Labute approximate surface area is 132 Å². The highest BCUT2D eigenvalue weighted by molar-refractivity contribution is 5.74. The number of nitrogens with one attached hydrogen (secondary N) is 1. The van der Waals surface area contributed by atoms with E-state index in [1.165, 1.54) is 0 Å². The van der Waals surface area contributed by atoms with Crippen LogP contribution in [0.15, 0.2) is 18.2 Å². The number of benzene rings is 1. The zero-order valence-electron chi connectivity index (χ0n) is 13.9. The molecule has 122 valence electrons. The van der Waals surface area contributed by atoms with Crippen molar-refractivity contribution in [1.29, 1.82) is 0 Å². The summed E-state index contributed by atoms with van der Waals surface area (Å²) in [5.74, 6) is 0.908. The molecule has 1 N–H and O–H groups in total. The summed E-state index contributed by atoms with van der Waals surface area (Å²) in [7, 11) is 0. The van der Waals surface area contributed by atoms with Crippen molar-refractivity contribution in [3.63, 3.8) is 0 Å². The number of aryl methyl sites for hydroxylation is 2. The van der Waals surface area contributed by atoms with Crippen molar-refractivity contribution in [2.45, 2.75) is 39.9 Å². The first-order valence-electron chi connectivity index (χ1n) is 7.84. The van der Waals surface area contributed by atoms with Crippen molar-refractivity contribution >= 4 is 6.03 Å². The molecule has 1 aromatic rings. The van der Waals surface area contributed by atoms with Gasteiger partial charge in [-0.05, 0) is 38.8 Å². The van der Waals surface area contributed by atoms with E-state index < -0.39 is 0 Å². The SMILES string of the molecule is Cc1cccc(C)c1OCCNC(=O)N1CC(C)OC(C)C1. The minimum atomic E-state index is -0.0490. The van der Waals surface area contributed by atoms with Crippen LogP contribution in [0.5, 0.6) is 5.75 Å². The van der Waals surface area contributed by atoms with E-state index in [-0.39, 0.29) is 18.2 Å². The van der Waals surface area contributed by atoms with E-state index in [9.17, 15) is 4.79 Å². The van der Waals surface area contributed by atoms with Crippen molar-refractivity contribution in [3.05, 3.63) is 29.3 Å². The third-order valence-corrected chi connectivity index (χ3v) is 3.74. The Morgan fingerprint density at radius 3 is 2.45 bits per heavy atom. The molecule has 5 nitrogen and oxygen atoms in total. The van der Waals surface area contributed by atoms with Crippen LogP contribution in [0.3, 0.4) is 0 Å². The van der Waals surface area contributed by atoms with Gasteiger partial charge in [0.25, 0.3) is 0 Å². The number of rotatable bonds is 4. The highest BCUT2D eigenvalue weighted by Crippen LogP contribution is 2.21. The summed E-state index contributed by atoms with van der Waals surface area (Å²) in [6.07, 6.45) is 0.167. The van der Waals surface area contributed by atoms with Gasteiger partial charge in [-0.15, -0.1) is 0 Å². The first-order chi connectivity index (χ1) is 10.5. The van der Waals surface area contributed by atoms with Gasteiger partial charge in [-0.1, -0.05) is 18.2 Å². The second-order valence-corrected chi connectivity index (χ2v) is 5.96. The lowest BCUT2D eigenvalue weighted by molar-refractivity contribution is -0.0545. The maximum Gasteiger partial charge on any atom is 0.317 e. The molecule has 0 radical (unpaired) electrons. The molecule has 0 bridgehead atoms. The minimum Gasteiger partial charge on any atom is -0.491 e. The van der Waals surface area contributed by atoms with Gasteiger partial charge >= 0.3 is 6.03 Å². The molecular formula is C17H26N2O3. The van der Waals surface area contributed by atoms with Crippen LogP contribution in [0.25, 0.3) is 0 Å². The van der Waals surface area contributed by atoms with Gasteiger partial charge in [0, 0.05) is 13.1 Å². The molecule has 1 aliphatic heterocycles. The fourth-order valence-electron chi connectivity index (χ4n) is 2.79. The number of hydrogen-bond donors (Lipinski definition) is 1. The Bertz CT molecular complexity index is 488. The Hall–Kier alpha value is -1.75. The van der Waals surface area contributed by atoms with Crippen LogP contribution in [0.4, 0.5) is 4.79 Å². The summed E-state index contributed by atoms with van der Waals surface area (Å²) in [5.41, 5.74) is 2.23. The molecule has 1 fully saturated rings. The van der Waals surface area contributed by atoms with E-state index in [4.69, 9.17) is 9.47 Å². The van der Waals surface area contributed by atoms with E-state index in [1.54, 1.807) is 4.90 Å². The molecule has 1 aliphatic rings. The number of amides is 2. The zero-order chi connectivity index (χ0) is 16.1. The number of carbonyl (C=O) groups is 1. The zero-order valence-corrected chi connectivity index (χ0v) is 13.9. The Morgan fingerprint density at radius 1 is 1.27 bits per heavy atom. The van der Waals surface area contributed by atoms with Gasteiger partial charge < -0.3 is 19.7 Å². The average Bonchev–Trinajstić information content (AvgIpc) is 2.44. The minimum absolute atomic E-state index is 0.0490. The molecule has 1 saturated heterocycles. The summed E-state index contributed by atoms with van der Waals surface area (Å²) in [5, 5.41) is 2.91. The van der Waals surface area contributed by atoms with E-state index in [0.717, 1.165) is 16.9 Å².